The number of rotatable bonds is 6. The first kappa shape index (κ1) is 16.9. The maximum atomic E-state index is 6.73. The van der Waals surface area contributed by atoms with Crippen molar-refractivity contribution in [2.75, 3.05) is 0 Å². The van der Waals surface area contributed by atoms with Crippen LogP contribution in [-0.2, 0) is 4.12 Å². The summed E-state index contributed by atoms with van der Waals surface area (Å²) in [7, 11) is -5.25. The Hall–Kier alpha value is -0.152. The van der Waals surface area contributed by atoms with E-state index in [2.05, 4.69) is 45.8 Å². The van der Waals surface area contributed by atoms with Gasteiger partial charge in [-0.25, -0.2) is 0 Å². The molecule has 0 bridgehead atoms. The third kappa shape index (κ3) is 4.71. The molecule has 1 aromatic carbocycles. The monoisotopic (exact) mass is 328 g/mol. The first-order valence-electron chi connectivity index (χ1n) is 7.11. The normalized spacial score (nSPS) is 15.6. The fourth-order valence-corrected chi connectivity index (χ4v) is 20.1. The van der Waals surface area contributed by atoms with Crippen LogP contribution in [0.2, 0.25) is 45.8 Å². The lowest BCUT2D eigenvalue weighted by molar-refractivity contribution is 0.418. The second-order valence-corrected chi connectivity index (χ2v) is 31.6. The van der Waals surface area contributed by atoms with Crippen LogP contribution in [-0.4, -0.2) is 32.5 Å². The molecule has 2 nitrogen and oxygen atoms in total. The molecule has 1 aromatic rings. The summed E-state index contributed by atoms with van der Waals surface area (Å²) in [6, 6.07) is 10.2. The molecule has 0 aliphatic carbocycles. The van der Waals surface area contributed by atoms with E-state index >= 15 is 0 Å². The fourth-order valence-electron chi connectivity index (χ4n) is 1.62. The molecule has 0 aliphatic rings. The van der Waals surface area contributed by atoms with Crippen molar-refractivity contribution in [2.45, 2.75) is 45.8 Å². The van der Waals surface area contributed by atoms with Gasteiger partial charge in [-0.3, -0.25) is 0 Å². The minimum Gasteiger partial charge on any atom is -0.524 e. The van der Waals surface area contributed by atoms with E-state index in [1.54, 1.807) is 0 Å². The fraction of sp³-hybridized carbons (Fsp3) is 0.538. The van der Waals surface area contributed by atoms with Gasteiger partial charge >= 0.3 is 8.08 Å². The lowest BCUT2D eigenvalue weighted by Gasteiger charge is -2.39. The molecule has 0 heterocycles. The highest BCUT2D eigenvalue weighted by Crippen LogP contribution is 2.23. The number of benzene rings is 1. The summed E-state index contributed by atoms with van der Waals surface area (Å²) < 4.78 is 13.1. The molecule has 0 amide bonds. The Bertz CT molecular complexity index is 395. The van der Waals surface area contributed by atoms with Gasteiger partial charge in [0.15, 0.2) is 7.83 Å². The van der Waals surface area contributed by atoms with Crippen LogP contribution >= 0.6 is 0 Å². The predicted octanol–water partition coefficient (Wildman–Crippen LogP) is 3.49. The number of para-hydroxylation sites is 1. The van der Waals surface area contributed by atoms with Crippen molar-refractivity contribution in [3.8, 4) is 5.75 Å². The number of hydrogen-bond donors (Lipinski definition) is 0. The van der Waals surface area contributed by atoms with Gasteiger partial charge in [-0.1, -0.05) is 44.4 Å². The zero-order valence-corrected chi connectivity index (χ0v) is 17.7. The Morgan fingerprint density at radius 3 is 1.79 bits per heavy atom. The van der Waals surface area contributed by atoms with Crippen molar-refractivity contribution >= 4 is 32.5 Å². The highest BCUT2D eigenvalue weighted by molar-refractivity contribution is 7.35. The molecule has 0 N–H and O–H groups in total. The quantitative estimate of drug-likeness (QED) is 0.744. The van der Waals surface area contributed by atoms with Crippen molar-refractivity contribution in [3.63, 3.8) is 0 Å². The van der Waals surface area contributed by atoms with Gasteiger partial charge in [0.1, 0.15) is 14.1 Å². The van der Waals surface area contributed by atoms with Crippen LogP contribution in [0.1, 0.15) is 0 Å². The highest BCUT2D eigenvalue weighted by Gasteiger charge is 2.44. The van der Waals surface area contributed by atoms with E-state index in [0.717, 1.165) is 5.75 Å². The summed E-state index contributed by atoms with van der Waals surface area (Å²) in [5.74, 6) is 0.980. The molecule has 0 spiro atoms. The van der Waals surface area contributed by atoms with Gasteiger partial charge in [0.05, 0.1) is 8.31 Å². The second-order valence-electron chi connectivity index (χ2n) is 6.45. The molecule has 1 unspecified atom stereocenters. The maximum Gasteiger partial charge on any atom is 0.356 e. The van der Waals surface area contributed by atoms with Crippen LogP contribution in [0.15, 0.2) is 30.3 Å². The molecular formula is C13H28O2Si4. The molecule has 0 saturated heterocycles. The molecule has 108 valence electrons. The largest absolute Gasteiger partial charge is 0.524 e. The van der Waals surface area contributed by atoms with Crippen molar-refractivity contribution < 1.29 is 8.54 Å². The van der Waals surface area contributed by atoms with Crippen molar-refractivity contribution in [1.29, 1.82) is 0 Å². The lowest BCUT2D eigenvalue weighted by atomic mass is 10.3. The standard InChI is InChI=1S/C13H28O2Si4/c1-16(2)18(5,6)15-19(7,17(3)4)14-13-11-9-8-10-12-13/h8-12,16-17H,1-7H3. The molecule has 1 atom stereocenters. The SMILES string of the molecule is C[SiH](C)[Si](C)(C)O[Si](C)(Oc1ccccc1)[SiH](C)C. The molecule has 6 heteroatoms. The summed E-state index contributed by atoms with van der Waals surface area (Å²) in [6.07, 6.45) is 0. The van der Waals surface area contributed by atoms with E-state index in [9.17, 15) is 0 Å². The van der Waals surface area contributed by atoms with Crippen LogP contribution in [0.25, 0.3) is 0 Å². The Kier molecular flexibility index (Phi) is 5.81. The van der Waals surface area contributed by atoms with E-state index < -0.39 is 32.5 Å². The predicted molar refractivity (Wildman–Crippen MR) is 95.0 cm³/mol. The molecule has 0 aliphatic heterocycles. The number of hydrogen-bond acceptors (Lipinski definition) is 2. The van der Waals surface area contributed by atoms with Crippen LogP contribution in [0.5, 0.6) is 5.75 Å². The molecule has 0 aromatic heterocycles. The van der Waals surface area contributed by atoms with Crippen LogP contribution in [0.3, 0.4) is 0 Å². The van der Waals surface area contributed by atoms with Crippen molar-refractivity contribution in [2.24, 2.45) is 0 Å². The van der Waals surface area contributed by atoms with E-state index in [1.807, 2.05) is 30.3 Å². The smallest absolute Gasteiger partial charge is 0.356 e. The van der Waals surface area contributed by atoms with Gasteiger partial charge < -0.3 is 8.54 Å². The summed E-state index contributed by atoms with van der Waals surface area (Å²) in [6.45, 7) is 16.6. The molecule has 19 heavy (non-hydrogen) atoms. The summed E-state index contributed by atoms with van der Waals surface area (Å²) in [5, 5.41) is 0. The van der Waals surface area contributed by atoms with Gasteiger partial charge in [0.2, 0.25) is 0 Å². The van der Waals surface area contributed by atoms with E-state index in [1.165, 1.54) is 0 Å². The van der Waals surface area contributed by atoms with Gasteiger partial charge in [-0.2, -0.15) is 0 Å². The summed E-state index contributed by atoms with van der Waals surface area (Å²) in [4.78, 5) is 0. The first-order chi connectivity index (χ1) is 8.67. The first-order valence-corrected chi connectivity index (χ1v) is 20.6. The Morgan fingerprint density at radius 2 is 1.37 bits per heavy atom. The van der Waals surface area contributed by atoms with Gasteiger partial charge in [0.25, 0.3) is 0 Å². The summed E-state index contributed by atoms with van der Waals surface area (Å²) in [5.41, 5.74) is 0. The van der Waals surface area contributed by atoms with E-state index in [-0.39, 0.29) is 0 Å². The average Bonchev–Trinajstić information content (AvgIpc) is 2.28. The molecule has 1 rings (SSSR count). The third-order valence-corrected chi connectivity index (χ3v) is 30.3. The zero-order valence-electron chi connectivity index (χ0n) is 13.4. The van der Waals surface area contributed by atoms with Crippen molar-refractivity contribution in [3.05, 3.63) is 30.3 Å². The minimum atomic E-state index is -2.03. The van der Waals surface area contributed by atoms with Crippen molar-refractivity contribution in [1.82, 2.24) is 0 Å². The zero-order chi connectivity index (χ0) is 14.7. The Morgan fingerprint density at radius 1 is 0.842 bits per heavy atom. The van der Waals surface area contributed by atoms with Crippen LogP contribution < -0.4 is 4.43 Å². The average molecular weight is 329 g/mol. The topological polar surface area (TPSA) is 18.5 Å². The molecular weight excluding hydrogens is 300 g/mol. The van der Waals surface area contributed by atoms with Crippen LogP contribution in [0, 0.1) is 0 Å². The van der Waals surface area contributed by atoms with E-state index in [4.69, 9.17) is 8.54 Å². The van der Waals surface area contributed by atoms with E-state index in [0.29, 0.717) is 0 Å². The Labute approximate surface area is 123 Å². The molecule has 0 radical (unpaired) electrons. The van der Waals surface area contributed by atoms with Gasteiger partial charge in [-0.15, -0.1) is 0 Å². The molecule has 0 fully saturated rings. The van der Waals surface area contributed by atoms with Crippen LogP contribution in [0.4, 0.5) is 0 Å². The maximum absolute atomic E-state index is 6.73. The van der Waals surface area contributed by atoms with Gasteiger partial charge in [-0.05, 0) is 31.8 Å². The highest BCUT2D eigenvalue weighted by atomic mass is 29.3. The second kappa shape index (κ2) is 6.53. The lowest BCUT2D eigenvalue weighted by Crippen LogP contribution is -2.62. The third-order valence-electron chi connectivity index (χ3n) is 3.97. The van der Waals surface area contributed by atoms with Gasteiger partial charge in [0, 0.05) is 0 Å². The summed E-state index contributed by atoms with van der Waals surface area (Å²) >= 11 is 0. The molecule has 0 saturated carbocycles. The Balaban J connectivity index is 2.92. The minimum absolute atomic E-state index is 0.735.